The first-order valence-corrected chi connectivity index (χ1v) is 6.12. The average Bonchev–Trinajstić information content (AvgIpc) is 2.61. The van der Waals surface area contributed by atoms with Crippen LogP contribution in [0, 0.1) is 11.3 Å². The first-order valence-electron chi connectivity index (χ1n) is 6.12. The average molecular weight is 270 g/mol. The molecule has 1 aromatic carbocycles. The summed E-state index contributed by atoms with van der Waals surface area (Å²) >= 11 is 0. The van der Waals surface area contributed by atoms with E-state index in [-0.39, 0.29) is 5.57 Å². The Morgan fingerprint density at radius 3 is 2.60 bits per heavy atom. The molecule has 1 aliphatic rings. The number of nitriles is 1. The summed E-state index contributed by atoms with van der Waals surface area (Å²) in [6.07, 6.45) is 0.405. The van der Waals surface area contributed by atoms with Gasteiger partial charge in [-0.05, 0) is 26.8 Å². The predicted molar refractivity (Wildman–Crippen MR) is 73.8 cm³/mol. The van der Waals surface area contributed by atoms with Gasteiger partial charge in [-0.15, -0.1) is 0 Å². The Kier molecular flexibility index (Phi) is 3.33. The molecular formula is C15H14N2O3. The standard InChI is InChI=1S/C15H14N2O3/c1-15(2,3)20-14(19)17-12-7-5-4-6-10(12)11(8-9-16)13(17)18/h4-8H,1-3H3/b11-8-. The number of hydrogen-bond donors (Lipinski definition) is 0. The van der Waals surface area contributed by atoms with Gasteiger partial charge in [-0.25, -0.2) is 9.69 Å². The van der Waals surface area contributed by atoms with Gasteiger partial charge in [-0.1, -0.05) is 18.2 Å². The van der Waals surface area contributed by atoms with E-state index in [9.17, 15) is 9.59 Å². The normalized spacial score (nSPS) is 16.0. The monoisotopic (exact) mass is 270 g/mol. The maximum absolute atomic E-state index is 12.3. The van der Waals surface area contributed by atoms with E-state index in [0.717, 1.165) is 11.0 Å². The number of imide groups is 1. The van der Waals surface area contributed by atoms with E-state index in [1.807, 2.05) is 6.07 Å². The van der Waals surface area contributed by atoms with Crippen molar-refractivity contribution < 1.29 is 14.3 Å². The third-order valence-corrected chi connectivity index (χ3v) is 2.65. The van der Waals surface area contributed by atoms with Crippen LogP contribution in [-0.2, 0) is 9.53 Å². The molecule has 0 radical (unpaired) electrons. The van der Waals surface area contributed by atoms with Gasteiger partial charge in [0.25, 0.3) is 5.91 Å². The van der Waals surface area contributed by atoms with Crippen molar-refractivity contribution in [3.8, 4) is 6.07 Å². The van der Waals surface area contributed by atoms with Gasteiger partial charge in [0.1, 0.15) is 5.60 Å². The minimum absolute atomic E-state index is 0.203. The molecule has 2 rings (SSSR count). The molecule has 20 heavy (non-hydrogen) atoms. The molecular weight excluding hydrogens is 256 g/mol. The zero-order chi connectivity index (χ0) is 14.9. The maximum atomic E-state index is 12.3. The molecule has 5 heteroatoms. The van der Waals surface area contributed by atoms with Crippen LogP contribution in [-0.4, -0.2) is 17.6 Å². The van der Waals surface area contributed by atoms with Crippen LogP contribution in [0.1, 0.15) is 26.3 Å². The number of ether oxygens (including phenoxy) is 1. The molecule has 0 saturated carbocycles. The van der Waals surface area contributed by atoms with E-state index in [4.69, 9.17) is 10.00 Å². The smallest absolute Gasteiger partial charge is 0.422 e. The first kappa shape index (κ1) is 13.8. The molecule has 0 saturated heterocycles. The van der Waals surface area contributed by atoms with Gasteiger partial charge in [0, 0.05) is 11.6 Å². The molecule has 5 nitrogen and oxygen atoms in total. The van der Waals surface area contributed by atoms with Crippen LogP contribution in [0.2, 0.25) is 0 Å². The Bertz CT molecular complexity index is 648. The van der Waals surface area contributed by atoms with Crippen LogP contribution in [0.15, 0.2) is 30.3 Å². The number of allylic oxidation sites excluding steroid dienone is 1. The number of carbonyl (C=O) groups excluding carboxylic acids is 2. The highest BCUT2D eigenvalue weighted by Gasteiger charge is 2.38. The lowest BCUT2D eigenvalue weighted by atomic mass is 10.1. The molecule has 102 valence electrons. The number of benzene rings is 1. The minimum Gasteiger partial charge on any atom is -0.443 e. The van der Waals surface area contributed by atoms with E-state index in [1.165, 1.54) is 0 Å². The van der Waals surface area contributed by atoms with Gasteiger partial charge in [-0.3, -0.25) is 4.79 Å². The number of carbonyl (C=O) groups is 2. The highest BCUT2D eigenvalue weighted by atomic mass is 16.6. The molecule has 1 aromatic rings. The molecule has 0 atom stereocenters. The summed E-state index contributed by atoms with van der Waals surface area (Å²) in [5.74, 6) is -0.540. The molecule has 0 N–H and O–H groups in total. The second kappa shape index (κ2) is 4.82. The fourth-order valence-electron chi connectivity index (χ4n) is 1.93. The van der Waals surface area contributed by atoms with E-state index in [1.54, 1.807) is 45.0 Å². The molecule has 0 aromatic heterocycles. The maximum Gasteiger partial charge on any atom is 0.422 e. The van der Waals surface area contributed by atoms with Crippen LogP contribution in [0.25, 0.3) is 5.57 Å². The summed E-state index contributed by atoms with van der Waals surface area (Å²) in [4.78, 5) is 25.4. The van der Waals surface area contributed by atoms with E-state index >= 15 is 0 Å². The van der Waals surface area contributed by atoms with Crippen molar-refractivity contribution in [1.29, 1.82) is 5.26 Å². The number of fused-ring (bicyclic) bond motifs is 1. The summed E-state index contributed by atoms with van der Waals surface area (Å²) in [7, 11) is 0. The molecule has 0 fully saturated rings. The van der Waals surface area contributed by atoms with Gasteiger partial charge >= 0.3 is 6.09 Å². The molecule has 0 spiro atoms. The third-order valence-electron chi connectivity index (χ3n) is 2.65. The fraction of sp³-hybridized carbons (Fsp3) is 0.267. The van der Waals surface area contributed by atoms with Crippen molar-refractivity contribution in [3.05, 3.63) is 35.9 Å². The quantitative estimate of drug-likeness (QED) is 0.537. The number of rotatable bonds is 0. The van der Waals surface area contributed by atoms with Crippen LogP contribution in [0.5, 0.6) is 0 Å². The first-order chi connectivity index (χ1) is 9.35. The predicted octanol–water partition coefficient (Wildman–Crippen LogP) is 2.88. The molecule has 1 heterocycles. The van der Waals surface area contributed by atoms with E-state index < -0.39 is 17.6 Å². The second-order valence-corrected chi connectivity index (χ2v) is 5.33. The molecule has 1 aliphatic heterocycles. The van der Waals surface area contributed by atoms with Gasteiger partial charge in [0.15, 0.2) is 0 Å². The Morgan fingerprint density at radius 1 is 1.35 bits per heavy atom. The number of anilines is 1. The summed E-state index contributed by atoms with van der Waals surface area (Å²) in [5, 5.41) is 8.77. The zero-order valence-corrected chi connectivity index (χ0v) is 11.5. The highest BCUT2D eigenvalue weighted by molar-refractivity contribution is 6.39. The van der Waals surface area contributed by atoms with E-state index in [0.29, 0.717) is 11.3 Å². The highest BCUT2D eigenvalue weighted by Crippen LogP contribution is 2.37. The molecule has 0 aliphatic carbocycles. The topological polar surface area (TPSA) is 70.4 Å². The number of hydrogen-bond acceptors (Lipinski definition) is 4. The van der Waals surface area contributed by atoms with Crippen molar-refractivity contribution in [3.63, 3.8) is 0 Å². The van der Waals surface area contributed by atoms with Crippen LogP contribution in [0.4, 0.5) is 10.5 Å². The van der Waals surface area contributed by atoms with Gasteiger partial charge in [0.05, 0.1) is 17.3 Å². The fourth-order valence-corrected chi connectivity index (χ4v) is 1.93. The molecule has 0 bridgehead atoms. The van der Waals surface area contributed by atoms with Crippen LogP contribution < -0.4 is 4.90 Å². The Morgan fingerprint density at radius 2 is 2.00 bits per heavy atom. The largest absolute Gasteiger partial charge is 0.443 e. The number of nitrogens with zero attached hydrogens (tertiary/aromatic N) is 2. The second-order valence-electron chi connectivity index (χ2n) is 5.33. The number of amides is 2. The van der Waals surface area contributed by atoms with Crippen molar-refractivity contribution in [2.24, 2.45) is 0 Å². The lowest BCUT2D eigenvalue weighted by Gasteiger charge is -2.23. The number of para-hydroxylation sites is 1. The Hall–Kier alpha value is -2.61. The van der Waals surface area contributed by atoms with Gasteiger partial charge in [-0.2, -0.15) is 5.26 Å². The van der Waals surface area contributed by atoms with E-state index in [2.05, 4.69) is 0 Å². The lowest BCUT2D eigenvalue weighted by Crippen LogP contribution is -2.38. The lowest BCUT2D eigenvalue weighted by molar-refractivity contribution is -0.112. The summed E-state index contributed by atoms with van der Waals surface area (Å²) in [6.45, 7) is 5.18. The summed E-state index contributed by atoms with van der Waals surface area (Å²) in [5.41, 5.74) is 0.501. The third kappa shape index (κ3) is 2.41. The Balaban J connectivity index is 2.47. The zero-order valence-electron chi connectivity index (χ0n) is 11.5. The van der Waals surface area contributed by atoms with Crippen molar-refractivity contribution >= 4 is 23.3 Å². The minimum atomic E-state index is -0.740. The van der Waals surface area contributed by atoms with Crippen molar-refractivity contribution in [1.82, 2.24) is 0 Å². The van der Waals surface area contributed by atoms with Crippen molar-refractivity contribution in [2.45, 2.75) is 26.4 Å². The van der Waals surface area contributed by atoms with Gasteiger partial charge in [0.2, 0.25) is 0 Å². The van der Waals surface area contributed by atoms with Crippen LogP contribution >= 0.6 is 0 Å². The van der Waals surface area contributed by atoms with Crippen molar-refractivity contribution in [2.75, 3.05) is 4.90 Å². The SMILES string of the molecule is CC(C)(C)OC(=O)N1C(=O)/C(=C\C#N)c2ccccc21. The molecule has 0 unspecified atom stereocenters. The van der Waals surface area contributed by atoms with Gasteiger partial charge < -0.3 is 4.74 Å². The Labute approximate surface area is 117 Å². The van der Waals surface area contributed by atoms with Crippen LogP contribution in [0.3, 0.4) is 0 Å². The molecule has 2 amide bonds. The summed E-state index contributed by atoms with van der Waals surface area (Å²) < 4.78 is 5.23. The summed E-state index contributed by atoms with van der Waals surface area (Å²) in [6, 6.07) is 8.64.